The molecular formula is C14H20S. The van der Waals surface area contributed by atoms with E-state index in [1.165, 1.54) is 11.1 Å². The third-order valence-corrected chi connectivity index (χ3v) is 2.09. The summed E-state index contributed by atoms with van der Waals surface area (Å²) in [6.07, 6.45) is 12.9. The Hall–Kier alpha value is -0.950. The molecule has 0 saturated heterocycles. The molecule has 0 aromatic rings. The van der Waals surface area contributed by atoms with Crippen LogP contribution in [0.2, 0.25) is 0 Å². The molecule has 0 aliphatic carbocycles. The van der Waals surface area contributed by atoms with Crippen molar-refractivity contribution >= 4 is 12.6 Å². The van der Waals surface area contributed by atoms with Crippen molar-refractivity contribution in [3.05, 3.63) is 59.1 Å². The van der Waals surface area contributed by atoms with E-state index in [0.29, 0.717) is 0 Å². The smallest absolute Gasteiger partial charge is 0.00393 e. The Morgan fingerprint density at radius 2 is 1.87 bits per heavy atom. The van der Waals surface area contributed by atoms with Crippen molar-refractivity contribution in [1.29, 1.82) is 0 Å². The molecule has 0 spiro atoms. The second-order valence-corrected chi connectivity index (χ2v) is 4.05. The molecule has 1 heteroatoms. The molecule has 0 aromatic carbocycles. The first kappa shape index (κ1) is 14.1. The summed E-state index contributed by atoms with van der Waals surface area (Å²) >= 11 is 4.32. The number of hydrogen-bond donors (Lipinski definition) is 1. The predicted molar refractivity (Wildman–Crippen MR) is 74.2 cm³/mol. The fraction of sp³-hybridized carbons (Fsp3) is 0.286. The molecule has 0 aliphatic rings. The first-order valence-corrected chi connectivity index (χ1v) is 5.52. The van der Waals surface area contributed by atoms with Gasteiger partial charge in [-0.1, -0.05) is 42.0 Å². The zero-order valence-corrected chi connectivity index (χ0v) is 10.7. The monoisotopic (exact) mass is 220 g/mol. The minimum atomic E-state index is 0.946. The van der Waals surface area contributed by atoms with Gasteiger partial charge in [0.1, 0.15) is 0 Å². The Morgan fingerprint density at radius 3 is 2.40 bits per heavy atom. The topological polar surface area (TPSA) is 0 Å². The van der Waals surface area contributed by atoms with Gasteiger partial charge in [-0.05, 0) is 39.3 Å². The first-order chi connectivity index (χ1) is 7.10. The van der Waals surface area contributed by atoms with E-state index in [0.717, 1.165) is 11.3 Å². The quantitative estimate of drug-likeness (QED) is 0.497. The van der Waals surface area contributed by atoms with Crippen LogP contribution < -0.4 is 0 Å². The molecule has 0 rings (SSSR count). The Morgan fingerprint density at radius 1 is 1.20 bits per heavy atom. The third kappa shape index (κ3) is 8.07. The second-order valence-electron chi connectivity index (χ2n) is 3.53. The number of rotatable bonds is 5. The average molecular weight is 220 g/mol. The molecular weight excluding hydrogens is 200 g/mol. The van der Waals surface area contributed by atoms with Crippen molar-refractivity contribution in [3.63, 3.8) is 0 Å². The Bertz CT molecular complexity index is 314. The lowest BCUT2D eigenvalue weighted by Gasteiger charge is -2.01. The lowest BCUT2D eigenvalue weighted by atomic mass is 10.1. The molecule has 0 unspecified atom stereocenters. The van der Waals surface area contributed by atoms with Crippen molar-refractivity contribution in [2.45, 2.75) is 27.2 Å². The molecule has 0 atom stereocenters. The van der Waals surface area contributed by atoms with E-state index in [4.69, 9.17) is 0 Å². The van der Waals surface area contributed by atoms with Gasteiger partial charge >= 0.3 is 0 Å². The predicted octanol–water partition coefficient (Wildman–Crippen LogP) is 4.84. The van der Waals surface area contributed by atoms with Gasteiger partial charge in [-0.3, -0.25) is 0 Å². The number of thiol groups is 1. The van der Waals surface area contributed by atoms with E-state index in [1.807, 2.05) is 19.1 Å². The van der Waals surface area contributed by atoms with E-state index in [-0.39, 0.29) is 0 Å². The second kappa shape index (κ2) is 8.37. The first-order valence-electron chi connectivity index (χ1n) is 5.07. The van der Waals surface area contributed by atoms with Gasteiger partial charge in [-0.2, -0.15) is 0 Å². The molecule has 15 heavy (non-hydrogen) atoms. The van der Waals surface area contributed by atoms with Crippen LogP contribution in [-0.4, -0.2) is 0 Å². The lowest BCUT2D eigenvalue weighted by Crippen LogP contribution is -1.80. The maximum Gasteiger partial charge on any atom is 0.00393 e. The van der Waals surface area contributed by atoms with Crippen LogP contribution in [0.25, 0.3) is 0 Å². The maximum atomic E-state index is 4.32. The summed E-state index contributed by atoms with van der Waals surface area (Å²) in [5, 5.41) is 0. The molecule has 0 aliphatic heterocycles. The van der Waals surface area contributed by atoms with Crippen LogP contribution in [0.4, 0.5) is 0 Å². The molecule has 0 aromatic heterocycles. The van der Waals surface area contributed by atoms with Gasteiger partial charge in [0.05, 0.1) is 0 Å². The van der Waals surface area contributed by atoms with Gasteiger partial charge in [-0.25, -0.2) is 0 Å². The molecule has 0 radical (unpaired) electrons. The molecule has 0 bridgehead atoms. The minimum absolute atomic E-state index is 0.946. The van der Waals surface area contributed by atoms with Crippen LogP contribution in [0.3, 0.4) is 0 Å². The van der Waals surface area contributed by atoms with Crippen molar-refractivity contribution in [2.24, 2.45) is 0 Å². The van der Waals surface area contributed by atoms with Gasteiger partial charge in [0.2, 0.25) is 0 Å². The Balaban J connectivity index is 4.42. The molecule has 0 nitrogen and oxygen atoms in total. The summed E-state index contributed by atoms with van der Waals surface area (Å²) in [5.74, 6) is 0. The maximum absolute atomic E-state index is 4.32. The van der Waals surface area contributed by atoms with Gasteiger partial charge in [0.15, 0.2) is 0 Å². The molecule has 0 heterocycles. The summed E-state index contributed by atoms with van der Waals surface area (Å²) in [4.78, 5) is 0.946. The largest absolute Gasteiger partial charge is 0.143 e. The highest BCUT2D eigenvalue weighted by Crippen LogP contribution is 2.14. The summed E-state index contributed by atoms with van der Waals surface area (Å²) in [7, 11) is 0. The lowest BCUT2D eigenvalue weighted by molar-refractivity contribution is 1.11. The van der Waals surface area contributed by atoms with Crippen LogP contribution in [-0.2, 0) is 0 Å². The molecule has 0 amide bonds. The van der Waals surface area contributed by atoms with Crippen LogP contribution in [0.15, 0.2) is 59.1 Å². The number of hydrogen-bond acceptors (Lipinski definition) is 1. The molecule has 0 N–H and O–H groups in total. The SMILES string of the molecule is C=C/C=C(S)\C=C(\C)C/C(C)=C\C=C\C. The normalized spacial score (nSPS) is 14.8. The van der Waals surface area contributed by atoms with Crippen LogP contribution in [0.5, 0.6) is 0 Å². The average Bonchev–Trinajstić information content (AvgIpc) is 2.14. The fourth-order valence-electron chi connectivity index (χ4n) is 1.23. The zero-order chi connectivity index (χ0) is 11.7. The Labute approximate surface area is 99.2 Å². The fourth-order valence-corrected chi connectivity index (χ4v) is 1.56. The Kier molecular flexibility index (Phi) is 7.84. The van der Waals surface area contributed by atoms with Gasteiger partial charge in [-0.15, -0.1) is 12.6 Å². The summed E-state index contributed by atoms with van der Waals surface area (Å²) < 4.78 is 0. The van der Waals surface area contributed by atoms with Gasteiger partial charge in [0.25, 0.3) is 0 Å². The van der Waals surface area contributed by atoms with Gasteiger partial charge < -0.3 is 0 Å². The van der Waals surface area contributed by atoms with E-state index in [1.54, 1.807) is 6.08 Å². The molecule has 82 valence electrons. The summed E-state index contributed by atoms with van der Waals surface area (Å²) in [5.41, 5.74) is 2.65. The zero-order valence-electron chi connectivity index (χ0n) is 9.83. The molecule has 0 fully saturated rings. The van der Waals surface area contributed by atoms with Crippen molar-refractivity contribution in [3.8, 4) is 0 Å². The third-order valence-electron chi connectivity index (χ3n) is 1.81. The van der Waals surface area contributed by atoms with E-state index in [9.17, 15) is 0 Å². The highest BCUT2D eigenvalue weighted by atomic mass is 32.1. The van der Waals surface area contributed by atoms with E-state index < -0.39 is 0 Å². The molecule has 0 saturated carbocycles. The highest BCUT2D eigenvalue weighted by molar-refractivity contribution is 7.84. The van der Waals surface area contributed by atoms with Crippen LogP contribution in [0, 0.1) is 0 Å². The number of allylic oxidation sites excluding steroid dienone is 8. The highest BCUT2D eigenvalue weighted by Gasteiger charge is 1.92. The van der Waals surface area contributed by atoms with Crippen molar-refractivity contribution in [2.75, 3.05) is 0 Å². The summed E-state index contributed by atoms with van der Waals surface area (Å²) in [6, 6.07) is 0. The van der Waals surface area contributed by atoms with E-state index >= 15 is 0 Å². The van der Waals surface area contributed by atoms with Crippen LogP contribution in [0.1, 0.15) is 27.2 Å². The van der Waals surface area contributed by atoms with Crippen LogP contribution >= 0.6 is 12.6 Å². The van der Waals surface area contributed by atoms with Crippen molar-refractivity contribution < 1.29 is 0 Å². The van der Waals surface area contributed by atoms with Gasteiger partial charge in [0, 0.05) is 4.91 Å². The minimum Gasteiger partial charge on any atom is -0.143 e. The summed E-state index contributed by atoms with van der Waals surface area (Å²) in [6.45, 7) is 9.90. The standard InChI is InChI=1S/C14H20S/c1-5-7-9-12(3)10-13(4)11-14(15)8-6-2/h5-9,11,15H,2,10H2,1,3-4H3/b7-5+,12-9-,13-11-,14-8+. The van der Waals surface area contributed by atoms with E-state index in [2.05, 4.69) is 51.3 Å². The van der Waals surface area contributed by atoms with Crippen molar-refractivity contribution in [1.82, 2.24) is 0 Å².